The van der Waals surface area contributed by atoms with Gasteiger partial charge in [0.15, 0.2) is 6.04 Å². The molecule has 2 aromatic heterocycles. The van der Waals surface area contributed by atoms with E-state index in [1.54, 1.807) is 48.7 Å². The lowest BCUT2D eigenvalue weighted by Crippen LogP contribution is -2.61. The number of benzene rings is 3. The van der Waals surface area contributed by atoms with Crippen LogP contribution in [0.25, 0.3) is 33.3 Å². The Morgan fingerprint density at radius 1 is 0.774 bits per heavy atom. The molecule has 1 unspecified atom stereocenters. The molecule has 0 saturated carbocycles. The van der Waals surface area contributed by atoms with Gasteiger partial charge in [0, 0.05) is 54.2 Å². The van der Waals surface area contributed by atoms with E-state index in [4.69, 9.17) is 42.7 Å². The van der Waals surface area contributed by atoms with Crippen LogP contribution in [0.1, 0.15) is 169 Å². The molecule has 3 aromatic carbocycles. The summed E-state index contributed by atoms with van der Waals surface area (Å²) >= 11 is 0. The maximum Gasteiger partial charge on any atom is 0.494 e. The molecule has 4 saturated heterocycles. The Bertz CT molecular complexity index is 3230. The molecule has 1 aliphatic carbocycles. The van der Waals surface area contributed by atoms with Gasteiger partial charge in [0.25, 0.3) is 0 Å². The number of amides is 3. The van der Waals surface area contributed by atoms with Crippen molar-refractivity contribution in [2.75, 3.05) is 40.1 Å². The highest BCUT2D eigenvalue weighted by molar-refractivity contribution is 6.62. The second-order valence-corrected chi connectivity index (χ2v) is 27.3. The van der Waals surface area contributed by atoms with Crippen LogP contribution in [0, 0.1) is 5.41 Å². The number of aryl methyl sites for hydroxylation is 1. The number of nitrogens with zero attached hydrogens (tertiary/aromatic N) is 5. The summed E-state index contributed by atoms with van der Waals surface area (Å²) in [6.07, 6.45) is 2.07. The molecule has 5 aromatic rings. The van der Waals surface area contributed by atoms with Crippen molar-refractivity contribution in [1.29, 1.82) is 0 Å². The number of pyridine rings is 1. The Labute approximate surface area is 496 Å². The highest BCUT2D eigenvalue weighted by Crippen LogP contribution is 2.47. The smallest absolute Gasteiger partial charge is 0.464 e. The van der Waals surface area contributed by atoms with Crippen molar-refractivity contribution in [2.45, 2.75) is 194 Å². The number of methoxy groups -OCH3 is 1. The van der Waals surface area contributed by atoms with Crippen LogP contribution in [0.15, 0.2) is 79.0 Å². The summed E-state index contributed by atoms with van der Waals surface area (Å²) in [5, 5.41) is 3.23. The fourth-order valence-corrected chi connectivity index (χ4v) is 12.8. The first kappa shape index (κ1) is 60.7. The predicted octanol–water partition coefficient (Wildman–Crippen LogP) is 12.3. The third-order valence-electron chi connectivity index (χ3n) is 17.6. The number of hydrogen-bond donors (Lipinski definition) is 0. The van der Waals surface area contributed by atoms with Gasteiger partial charge in [-0.05, 0) is 172 Å². The van der Waals surface area contributed by atoms with E-state index in [1.807, 2.05) is 57.8 Å². The van der Waals surface area contributed by atoms with E-state index in [2.05, 4.69) is 86.0 Å². The summed E-state index contributed by atoms with van der Waals surface area (Å²) in [5.41, 5.74) is 7.63. The molecule has 6 heterocycles. The fourth-order valence-electron chi connectivity index (χ4n) is 12.8. The molecule has 2 bridgehead atoms. The lowest BCUT2D eigenvalue weighted by molar-refractivity contribution is -0.164. The van der Waals surface area contributed by atoms with Gasteiger partial charge in [-0.25, -0.2) is 24.2 Å². The number of hydrogen-bond acceptors (Lipinski definition) is 13. The Hall–Kier alpha value is -6.47. The van der Waals surface area contributed by atoms with Crippen molar-refractivity contribution in [3.63, 3.8) is 0 Å². The minimum Gasteiger partial charge on any atom is -0.464 e. The molecule has 0 N–H and O–H groups in total. The van der Waals surface area contributed by atoms with Crippen LogP contribution in [0.4, 0.5) is 14.4 Å². The lowest BCUT2D eigenvalue weighted by atomic mass is 9.77. The summed E-state index contributed by atoms with van der Waals surface area (Å²) in [6.45, 7) is 28.7. The number of esters is 1. The first-order valence-corrected chi connectivity index (χ1v) is 30.0. The molecular formula is C66H86BN5O12. The molecule has 17 nitrogen and oxygen atoms in total. The maximum absolute atomic E-state index is 14.6. The normalized spacial score (nSPS) is 21.7. The Balaban J connectivity index is 0.977. The topological polar surface area (TPSA) is 170 Å². The van der Waals surface area contributed by atoms with Crippen LogP contribution in [0.5, 0.6) is 0 Å². The van der Waals surface area contributed by atoms with E-state index >= 15 is 0 Å². The zero-order valence-electron chi connectivity index (χ0n) is 52.0. The summed E-state index contributed by atoms with van der Waals surface area (Å²) < 4.78 is 52.1. The summed E-state index contributed by atoms with van der Waals surface area (Å²) in [5.74, 6) is -0.668. The van der Waals surface area contributed by atoms with Crippen molar-refractivity contribution >= 4 is 47.7 Å². The van der Waals surface area contributed by atoms with Crippen molar-refractivity contribution < 1.29 is 56.9 Å². The molecule has 10 rings (SSSR count). The molecule has 3 amide bonds. The average Bonchev–Trinajstić information content (AvgIpc) is 1.90. The maximum atomic E-state index is 14.6. The molecule has 18 heteroatoms. The Kier molecular flexibility index (Phi) is 16.7. The molecule has 450 valence electrons. The van der Waals surface area contributed by atoms with Gasteiger partial charge in [0.1, 0.15) is 17.8 Å². The molecule has 5 atom stereocenters. The number of piperidine rings is 1. The second kappa shape index (κ2) is 23.1. The molecule has 4 fully saturated rings. The molecule has 84 heavy (non-hydrogen) atoms. The fraction of sp³-hybridized carbons (Fsp3) is 0.561. The van der Waals surface area contributed by atoms with Gasteiger partial charge in [-0.3, -0.25) is 9.88 Å². The van der Waals surface area contributed by atoms with Crippen molar-refractivity contribution in [1.82, 2.24) is 24.5 Å². The average molecular weight is 1150 g/mol. The number of ether oxygens (including phenoxy) is 6. The van der Waals surface area contributed by atoms with Crippen LogP contribution in [-0.4, -0.2) is 136 Å². The number of carbonyl (C=O) groups is 4. The molecule has 5 aliphatic rings. The first-order valence-electron chi connectivity index (χ1n) is 30.0. The van der Waals surface area contributed by atoms with Crippen molar-refractivity contribution in [2.24, 2.45) is 5.41 Å². The minimum atomic E-state index is -1.15. The molecule has 0 radical (unpaired) electrons. The van der Waals surface area contributed by atoms with Crippen LogP contribution in [0.2, 0.25) is 0 Å². The van der Waals surface area contributed by atoms with Gasteiger partial charge in [0.05, 0.1) is 60.6 Å². The van der Waals surface area contributed by atoms with E-state index < -0.39 is 65.2 Å². The van der Waals surface area contributed by atoms with Crippen LogP contribution in [-0.2, 0) is 55.5 Å². The minimum absolute atomic E-state index is 0.0290. The quantitative estimate of drug-likeness (QED) is 0.0620. The third-order valence-corrected chi connectivity index (χ3v) is 17.6. The number of rotatable bonds is 13. The lowest BCUT2D eigenvalue weighted by Gasteiger charge is -2.47. The number of hydrazine groups is 1. The number of morpholine rings is 1. The second-order valence-electron chi connectivity index (χ2n) is 27.3. The zero-order valence-corrected chi connectivity index (χ0v) is 52.0. The third kappa shape index (κ3) is 12.1. The number of fused-ring (bicyclic) bond motifs is 6. The Morgan fingerprint density at radius 2 is 1.38 bits per heavy atom. The van der Waals surface area contributed by atoms with Crippen LogP contribution < -0.4 is 5.46 Å². The summed E-state index contributed by atoms with van der Waals surface area (Å²) in [4.78, 5) is 63.8. The first-order chi connectivity index (χ1) is 39.6. The van der Waals surface area contributed by atoms with Crippen molar-refractivity contribution in [3.05, 3.63) is 107 Å². The van der Waals surface area contributed by atoms with Crippen LogP contribution >= 0.6 is 0 Å². The zero-order chi connectivity index (χ0) is 60.4. The van der Waals surface area contributed by atoms with Crippen molar-refractivity contribution in [3.8, 4) is 22.4 Å². The molecule has 0 spiro atoms. The van der Waals surface area contributed by atoms with E-state index in [-0.39, 0.29) is 56.2 Å². The van der Waals surface area contributed by atoms with Crippen LogP contribution in [0.3, 0.4) is 0 Å². The molecular weight excluding hydrogens is 1070 g/mol. The van der Waals surface area contributed by atoms with Gasteiger partial charge in [-0.1, -0.05) is 74.5 Å². The van der Waals surface area contributed by atoms with E-state index in [0.29, 0.717) is 45.4 Å². The molecule has 4 aliphatic heterocycles. The summed E-state index contributed by atoms with van der Waals surface area (Å²) in [7, 11) is 1.06. The highest BCUT2D eigenvalue weighted by Gasteiger charge is 2.52. The monoisotopic (exact) mass is 1150 g/mol. The van der Waals surface area contributed by atoms with Gasteiger partial charge in [-0.2, -0.15) is 5.01 Å². The van der Waals surface area contributed by atoms with E-state index in [9.17, 15) is 19.2 Å². The standard InChI is InChI=1S/C66H86BN5O12/c1-16-69-54-28-27-43(67-83-65(11,12)66(13,14)84-67)33-50(54)52(34-64(9,10)39-80-58(73)55-26-21-29-70(59(74)81-62(3,4)5)72(55)61(76)82-63(6,7)8)57(69)51-32-42(35-68-56(51)40(2)77-15)41-30-44-36-78-37-45(31-41)71(44)60(75)79-38-53-48-24-19-17-22-46(48)47-23-18-20-25-49(47)53/h17-20,22-25,27-28,32-33,35,40-41,44-45,53,55H,16,21,26,29-31,34,36-39H2,1-15H3/t40-,41?,44-,45+,55-/m0/s1. The van der Waals surface area contributed by atoms with E-state index in [0.717, 1.165) is 54.5 Å². The largest absolute Gasteiger partial charge is 0.494 e. The SMILES string of the molecule is CCn1c(-c2cc(C3C[C@H]4COC[C@@H](C3)N4C(=O)OCC3c4ccccc4-c4ccccc43)cnc2[C@H](C)OC)c(CC(C)(C)COC(=O)[C@@H]2CCCN(C(=O)OC(C)(C)C)N2C(=O)OC(C)(C)C)c2cc(B3OC(C)(C)C(C)(C)O3)ccc21. The van der Waals surface area contributed by atoms with Gasteiger partial charge in [-0.15, -0.1) is 0 Å². The van der Waals surface area contributed by atoms with Gasteiger partial charge < -0.3 is 42.3 Å². The van der Waals surface area contributed by atoms with E-state index in [1.165, 1.54) is 22.3 Å². The van der Waals surface area contributed by atoms with Gasteiger partial charge in [0.2, 0.25) is 0 Å². The predicted molar refractivity (Wildman–Crippen MR) is 322 cm³/mol. The Morgan fingerprint density at radius 3 is 1.98 bits per heavy atom. The number of aromatic nitrogens is 2. The summed E-state index contributed by atoms with van der Waals surface area (Å²) in [6, 6.07) is 23.8. The number of carbonyl (C=O) groups excluding carboxylic acids is 4. The highest BCUT2D eigenvalue weighted by atomic mass is 16.7. The van der Waals surface area contributed by atoms with Gasteiger partial charge >= 0.3 is 31.4 Å².